The van der Waals surface area contributed by atoms with E-state index in [4.69, 9.17) is 5.73 Å². The van der Waals surface area contributed by atoms with Crippen molar-refractivity contribution in [1.82, 2.24) is 4.98 Å². The monoisotopic (exact) mass is 295 g/mol. The Morgan fingerprint density at radius 2 is 2.14 bits per heavy atom. The second kappa shape index (κ2) is 8.02. The summed E-state index contributed by atoms with van der Waals surface area (Å²) in [7, 11) is 1.69. The van der Waals surface area contributed by atoms with Crippen LogP contribution >= 0.6 is 0 Å². The molecule has 0 saturated heterocycles. The molecule has 114 valence electrons. The highest BCUT2D eigenvalue weighted by molar-refractivity contribution is 6.04. The molecule has 22 heavy (non-hydrogen) atoms. The number of nitrogens with two attached hydrogens (primary N) is 1. The van der Waals surface area contributed by atoms with Gasteiger partial charge in [-0.25, -0.2) is 0 Å². The Bertz CT molecular complexity index is 638. The molecule has 1 heterocycles. The van der Waals surface area contributed by atoms with Gasteiger partial charge in [-0.2, -0.15) is 10.2 Å². The summed E-state index contributed by atoms with van der Waals surface area (Å²) in [4.78, 5) is 8.11. The summed E-state index contributed by atoms with van der Waals surface area (Å²) in [6.45, 7) is 1.85. The van der Waals surface area contributed by atoms with Crippen LogP contribution in [0.2, 0.25) is 0 Å². The zero-order chi connectivity index (χ0) is 15.8. The SMILES string of the molecule is C/C=N/N=C1\C=CC(C(N)=NC)=CCC1Cc1ccncc1. The normalized spacial score (nSPS) is 21.2. The number of pyridine rings is 1. The minimum Gasteiger partial charge on any atom is -0.384 e. The first kappa shape index (κ1) is 15.8. The van der Waals surface area contributed by atoms with Gasteiger partial charge in [-0.05, 0) is 49.6 Å². The van der Waals surface area contributed by atoms with Crippen LogP contribution in [0.25, 0.3) is 0 Å². The molecule has 1 atom stereocenters. The molecule has 2 rings (SSSR count). The summed E-state index contributed by atoms with van der Waals surface area (Å²) in [5, 5.41) is 8.36. The van der Waals surface area contributed by atoms with Gasteiger partial charge < -0.3 is 5.73 Å². The zero-order valence-electron chi connectivity index (χ0n) is 13.0. The van der Waals surface area contributed by atoms with Crippen LogP contribution in [0.3, 0.4) is 0 Å². The standard InChI is InChI=1S/C17H21N5/c1-3-21-22-16-7-6-14(17(18)19-2)4-5-15(16)12-13-8-10-20-11-9-13/h3-4,6-11,15H,5,12H2,1-2H3,(H2,18,19)/b21-3+,22-16+. The molecule has 1 aliphatic rings. The van der Waals surface area contributed by atoms with Gasteiger partial charge in [0.2, 0.25) is 0 Å². The number of allylic oxidation sites excluding steroid dienone is 2. The van der Waals surface area contributed by atoms with Crippen molar-refractivity contribution in [1.29, 1.82) is 0 Å². The highest BCUT2D eigenvalue weighted by atomic mass is 15.2. The lowest BCUT2D eigenvalue weighted by atomic mass is 9.92. The van der Waals surface area contributed by atoms with Crippen LogP contribution in [0.1, 0.15) is 18.9 Å². The number of hydrogen-bond acceptors (Lipinski definition) is 4. The Morgan fingerprint density at radius 1 is 1.36 bits per heavy atom. The molecule has 0 aromatic carbocycles. The average Bonchev–Trinajstić information content (AvgIpc) is 2.76. The highest BCUT2D eigenvalue weighted by Gasteiger charge is 2.17. The largest absolute Gasteiger partial charge is 0.384 e. The van der Waals surface area contributed by atoms with Gasteiger partial charge in [0.25, 0.3) is 0 Å². The number of hydrogen-bond donors (Lipinski definition) is 1. The first-order valence-electron chi connectivity index (χ1n) is 7.30. The van der Waals surface area contributed by atoms with E-state index in [9.17, 15) is 0 Å². The predicted molar refractivity (Wildman–Crippen MR) is 92.4 cm³/mol. The number of nitrogens with zero attached hydrogens (tertiary/aromatic N) is 4. The number of rotatable bonds is 4. The topological polar surface area (TPSA) is 76.0 Å². The molecule has 0 fully saturated rings. The molecule has 0 aliphatic heterocycles. The summed E-state index contributed by atoms with van der Waals surface area (Å²) in [5.74, 6) is 0.795. The summed E-state index contributed by atoms with van der Waals surface area (Å²) < 4.78 is 0. The van der Waals surface area contributed by atoms with Crippen molar-refractivity contribution >= 4 is 17.8 Å². The van der Waals surface area contributed by atoms with Crippen molar-refractivity contribution < 1.29 is 0 Å². The Balaban J connectivity index is 2.28. The third-order valence-electron chi connectivity index (χ3n) is 3.53. The molecule has 2 N–H and O–H groups in total. The second-order valence-corrected chi connectivity index (χ2v) is 4.99. The highest BCUT2D eigenvalue weighted by Crippen LogP contribution is 2.20. The molecular formula is C17H21N5. The molecule has 5 heteroatoms. The third-order valence-corrected chi connectivity index (χ3v) is 3.53. The summed E-state index contributed by atoms with van der Waals surface area (Å²) in [6, 6.07) is 4.06. The van der Waals surface area contributed by atoms with Gasteiger partial charge in [-0.1, -0.05) is 6.08 Å². The van der Waals surface area contributed by atoms with Gasteiger partial charge in [0.15, 0.2) is 0 Å². The first-order valence-corrected chi connectivity index (χ1v) is 7.30. The molecule has 0 amide bonds. The average molecular weight is 295 g/mol. The van der Waals surface area contributed by atoms with Crippen LogP contribution < -0.4 is 5.73 Å². The first-order chi connectivity index (χ1) is 10.7. The van der Waals surface area contributed by atoms with E-state index < -0.39 is 0 Å². The molecule has 0 spiro atoms. The maximum atomic E-state index is 5.91. The summed E-state index contributed by atoms with van der Waals surface area (Å²) in [5.41, 5.74) is 9.03. The van der Waals surface area contributed by atoms with Crippen LogP contribution in [0.15, 0.2) is 63.5 Å². The van der Waals surface area contributed by atoms with E-state index in [-0.39, 0.29) is 5.92 Å². The zero-order valence-corrected chi connectivity index (χ0v) is 13.0. The Morgan fingerprint density at radius 3 is 2.82 bits per heavy atom. The molecule has 5 nitrogen and oxygen atoms in total. The van der Waals surface area contributed by atoms with Gasteiger partial charge >= 0.3 is 0 Å². The molecule has 1 aliphatic carbocycles. The fourth-order valence-electron chi connectivity index (χ4n) is 2.32. The van der Waals surface area contributed by atoms with Gasteiger partial charge in [0.05, 0.1) is 5.71 Å². The predicted octanol–water partition coefficient (Wildman–Crippen LogP) is 2.56. The van der Waals surface area contributed by atoms with Gasteiger partial charge in [-0.3, -0.25) is 9.98 Å². The van der Waals surface area contributed by atoms with Crippen LogP contribution in [0.4, 0.5) is 0 Å². The fraction of sp³-hybridized carbons (Fsp3) is 0.294. The van der Waals surface area contributed by atoms with Gasteiger partial charge in [0, 0.05) is 37.1 Å². The Kier molecular flexibility index (Phi) is 5.77. The number of aliphatic imine (C=N–C) groups is 1. The van der Waals surface area contributed by atoms with E-state index in [0.29, 0.717) is 5.84 Å². The minimum absolute atomic E-state index is 0.254. The van der Waals surface area contributed by atoms with E-state index in [1.807, 2.05) is 43.6 Å². The fourth-order valence-corrected chi connectivity index (χ4v) is 2.32. The van der Waals surface area contributed by atoms with Crippen molar-refractivity contribution in [2.24, 2.45) is 26.8 Å². The third kappa shape index (κ3) is 4.22. The van der Waals surface area contributed by atoms with Crippen molar-refractivity contribution in [3.8, 4) is 0 Å². The van der Waals surface area contributed by atoms with Crippen LogP contribution in [-0.4, -0.2) is 29.8 Å². The summed E-state index contributed by atoms with van der Waals surface area (Å²) in [6.07, 6.45) is 13.1. The molecular weight excluding hydrogens is 274 g/mol. The van der Waals surface area contributed by atoms with Crippen molar-refractivity contribution in [2.45, 2.75) is 19.8 Å². The van der Waals surface area contributed by atoms with Crippen molar-refractivity contribution in [2.75, 3.05) is 7.05 Å². The number of aromatic nitrogens is 1. The van der Waals surface area contributed by atoms with Crippen molar-refractivity contribution in [3.05, 3.63) is 53.9 Å². The Labute approximate surface area is 131 Å². The molecule has 0 saturated carbocycles. The van der Waals surface area contributed by atoms with Gasteiger partial charge in [-0.15, -0.1) is 0 Å². The minimum atomic E-state index is 0.254. The molecule has 1 aromatic rings. The lowest BCUT2D eigenvalue weighted by Crippen LogP contribution is -2.14. The van der Waals surface area contributed by atoms with E-state index in [2.05, 4.69) is 26.3 Å². The molecule has 1 aromatic heterocycles. The number of amidine groups is 1. The maximum absolute atomic E-state index is 5.91. The van der Waals surface area contributed by atoms with Crippen LogP contribution in [0, 0.1) is 5.92 Å². The maximum Gasteiger partial charge on any atom is 0.125 e. The molecule has 0 bridgehead atoms. The Hall–Kier alpha value is -2.56. The second-order valence-electron chi connectivity index (χ2n) is 4.99. The van der Waals surface area contributed by atoms with E-state index in [1.54, 1.807) is 13.3 Å². The van der Waals surface area contributed by atoms with Crippen LogP contribution in [0.5, 0.6) is 0 Å². The lowest BCUT2D eigenvalue weighted by molar-refractivity contribution is 0.699. The van der Waals surface area contributed by atoms with E-state index in [1.165, 1.54) is 5.56 Å². The van der Waals surface area contributed by atoms with Gasteiger partial charge in [0.1, 0.15) is 5.84 Å². The lowest BCUT2D eigenvalue weighted by Gasteiger charge is -2.13. The quantitative estimate of drug-likeness (QED) is 0.526. The molecule has 0 radical (unpaired) electrons. The van der Waals surface area contributed by atoms with E-state index >= 15 is 0 Å². The molecule has 1 unspecified atom stereocenters. The van der Waals surface area contributed by atoms with Crippen molar-refractivity contribution in [3.63, 3.8) is 0 Å². The van der Waals surface area contributed by atoms with E-state index in [0.717, 1.165) is 24.1 Å². The van der Waals surface area contributed by atoms with Crippen LogP contribution in [-0.2, 0) is 6.42 Å². The summed E-state index contributed by atoms with van der Waals surface area (Å²) >= 11 is 0. The smallest absolute Gasteiger partial charge is 0.125 e.